The molecule has 1 amide bonds. The molecule has 5 aromatic heterocycles. The van der Waals surface area contributed by atoms with Crippen LogP contribution in [0.3, 0.4) is 0 Å². The van der Waals surface area contributed by atoms with Crippen molar-refractivity contribution in [2.75, 3.05) is 127 Å². The van der Waals surface area contributed by atoms with E-state index < -0.39 is 77.9 Å². The average Bonchev–Trinajstić information content (AvgIpc) is 1.70. The van der Waals surface area contributed by atoms with Gasteiger partial charge in [0.25, 0.3) is 11.7 Å². The molecular formula is C90H137N11O20. The van der Waals surface area contributed by atoms with Crippen molar-refractivity contribution in [2.45, 2.75) is 251 Å². The number of hydrogen-bond donors (Lipinski definition) is 4. The molecule has 2 bridgehead atoms. The molecule has 5 aromatic rings. The summed E-state index contributed by atoms with van der Waals surface area (Å²) in [5, 5.41) is 39.2. The highest BCUT2D eigenvalue weighted by Gasteiger charge is 2.53. The van der Waals surface area contributed by atoms with E-state index in [1.807, 2.05) is 93.4 Å². The number of unbranched alkanes of at least 4 members (excludes halogenated alkanes) is 3. The number of hydrogen-bond acceptors (Lipinski definition) is 27. The van der Waals surface area contributed by atoms with Gasteiger partial charge in [0, 0.05) is 121 Å². The number of aromatic nitrogens is 9. The lowest BCUT2D eigenvalue weighted by Gasteiger charge is -2.43. The fraction of sp³-hybridized carbons (Fsp3) is 0.700. The lowest BCUT2D eigenvalue weighted by molar-refractivity contribution is -0.265. The van der Waals surface area contributed by atoms with E-state index in [4.69, 9.17) is 72.4 Å². The van der Waals surface area contributed by atoms with E-state index in [0.717, 1.165) is 85.7 Å². The fourth-order valence-corrected chi connectivity index (χ4v) is 16.8. The van der Waals surface area contributed by atoms with E-state index >= 15 is 0 Å². The minimum atomic E-state index is -2.43. The number of methoxy groups -OCH3 is 4. The number of pyridine rings is 1. The number of aliphatic hydroxyl groups is 2. The SMILES string of the molecule is CO[C@H]1C[C@@H]2CC[C@@H](C)[C@@](O)(O2)C(=O)C(=O)N2CCCC[C@H]2C(=O)O[C@H]([C@H](C)C[C@@H]2CC[C@@H](OCCCCc3cn(CCOCCOCCOCCOCCOCCOCCC(=O)CCCCCn4nc(-c5cnc6[nH]ccc6c5)c5c(N)ncnc54)nn3)[C@H](OC)C2)C[C@@H](OC)[C@H](C)/C=C(\C)[C@@H](O)[C@@H](OC)C(=O)[C@H](C)C[C@H](C)/C=C/C=C/C=C/1C. The number of anilines is 1. The van der Waals surface area contributed by atoms with E-state index in [9.17, 15) is 34.2 Å². The zero-order valence-corrected chi connectivity index (χ0v) is 73.4. The number of ether oxygens (including phenoxy) is 13. The van der Waals surface area contributed by atoms with E-state index in [2.05, 4.69) is 37.2 Å². The third kappa shape index (κ3) is 29.6. The van der Waals surface area contributed by atoms with Crippen LogP contribution in [-0.2, 0) is 105 Å². The van der Waals surface area contributed by atoms with Crippen molar-refractivity contribution in [1.29, 1.82) is 0 Å². The minimum absolute atomic E-state index is 0.0242. The van der Waals surface area contributed by atoms with Gasteiger partial charge < -0.3 is 87.4 Å². The van der Waals surface area contributed by atoms with Crippen LogP contribution in [0.1, 0.15) is 176 Å². The number of nitrogens with two attached hydrogens (primary N) is 1. The van der Waals surface area contributed by atoms with Crippen molar-refractivity contribution in [1.82, 2.24) is 49.6 Å². The van der Waals surface area contributed by atoms with Gasteiger partial charge in [-0.3, -0.25) is 19.2 Å². The number of nitrogens with zero attached hydrogens (tertiary/aromatic N) is 9. The number of fused-ring (bicyclic) bond motifs is 5. The molecule has 16 atom stereocenters. The van der Waals surface area contributed by atoms with Gasteiger partial charge >= 0.3 is 5.97 Å². The third-order valence-corrected chi connectivity index (χ3v) is 24.1. The van der Waals surface area contributed by atoms with Crippen LogP contribution in [-0.4, -0.2) is 271 Å². The zero-order chi connectivity index (χ0) is 86.6. The number of aromatic amines is 1. The van der Waals surface area contributed by atoms with Crippen LogP contribution in [0.15, 0.2) is 84.7 Å². The number of nitrogens with one attached hydrogen (secondary N) is 1. The van der Waals surface area contributed by atoms with E-state index in [0.29, 0.717) is 185 Å². The van der Waals surface area contributed by atoms with Gasteiger partial charge in [0.05, 0.1) is 127 Å². The number of allylic oxidation sites excluding steroid dienone is 5. The van der Waals surface area contributed by atoms with Gasteiger partial charge in [0.1, 0.15) is 53.6 Å². The molecule has 9 rings (SSSR count). The van der Waals surface area contributed by atoms with Gasteiger partial charge in [-0.05, 0) is 151 Å². The Bertz CT molecular complexity index is 4110. The number of aryl methyl sites for hydroxylation is 2. The maximum atomic E-state index is 14.9. The predicted octanol–water partition coefficient (Wildman–Crippen LogP) is 10.8. The first-order valence-corrected chi connectivity index (χ1v) is 43.9. The largest absolute Gasteiger partial charge is 0.460 e. The molecule has 0 spiro atoms. The Balaban J connectivity index is 0.627. The summed E-state index contributed by atoms with van der Waals surface area (Å²) < 4.78 is 81.1. The lowest BCUT2D eigenvalue weighted by atomic mass is 9.78. The fourth-order valence-electron chi connectivity index (χ4n) is 16.8. The second kappa shape index (κ2) is 51.1. The number of ketones is 3. The minimum Gasteiger partial charge on any atom is -0.460 e. The van der Waals surface area contributed by atoms with Crippen LogP contribution >= 0.6 is 0 Å². The summed E-state index contributed by atoms with van der Waals surface area (Å²) in [7, 11) is 6.34. The van der Waals surface area contributed by atoms with Crippen molar-refractivity contribution < 1.29 is 95.8 Å². The van der Waals surface area contributed by atoms with Crippen LogP contribution in [0, 0.1) is 35.5 Å². The van der Waals surface area contributed by atoms with Crippen molar-refractivity contribution in [2.24, 2.45) is 35.5 Å². The number of cyclic esters (lactones) is 1. The summed E-state index contributed by atoms with van der Waals surface area (Å²) >= 11 is 0. The van der Waals surface area contributed by atoms with Crippen LogP contribution < -0.4 is 5.73 Å². The summed E-state index contributed by atoms with van der Waals surface area (Å²) in [5.41, 5.74) is 11.6. The Hall–Kier alpha value is -7.47. The smallest absolute Gasteiger partial charge is 0.329 e. The average molecular weight is 1690 g/mol. The molecule has 2 saturated heterocycles. The molecule has 31 nitrogen and oxygen atoms in total. The Kier molecular flexibility index (Phi) is 41.1. The second-order valence-electron chi connectivity index (χ2n) is 33.2. The maximum Gasteiger partial charge on any atom is 0.329 e. The number of nitrogen functional groups attached to an aromatic ring is 1. The number of esters is 1. The highest BCUT2D eigenvalue weighted by atomic mass is 16.6. The first kappa shape index (κ1) is 97.3. The van der Waals surface area contributed by atoms with Crippen molar-refractivity contribution in [3.05, 3.63) is 90.3 Å². The molecule has 3 fully saturated rings. The topological polar surface area (TPSA) is 378 Å². The standard InChI is InChI=1S/C90H137N11O20/c1-60-22-14-12-15-23-61(2)75(109-8)55-72-29-27-66(7)90(108,121-72)84(105)88(106)100-34-20-17-26-73(100)89(107)120-77(56-76(110-9)62(3)51-65(6)82(104)83(112-11)81(103)64(5)50-60)63(4)52-67-28-30-74(78(53-67)111-10)119-37-21-18-24-70-58-99(98-96-70)36-39-114-41-43-116-45-47-118-49-48-117-46-44-115-42-40-113-38-32-71(102)25-16-13-19-35-101-87-79(85(91)94-59-95-87)80(97-101)69-54-68-31-33-92-86(68)93-57-69/h12,14-15,22-23,31,33,51,54,57-60,62-64,66-67,72-78,82-83,104,108H,13,16-21,24-30,32,34-50,52-53,55-56H2,1-11H3,(H,92,93)(H2,91,94,95)/b15-12+,22-14+,61-23+,65-51+/t60-,62-,63-,64-,66-,67+,72+,73+,74-,75+,76-,77+,78-,82-,83+,90-/m1/s1. The zero-order valence-electron chi connectivity index (χ0n) is 73.4. The monoisotopic (exact) mass is 1690 g/mol. The number of carbonyl (C=O) groups excluding carboxylic acids is 5. The third-order valence-electron chi connectivity index (χ3n) is 24.1. The van der Waals surface area contributed by atoms with Crippen molar-refractivity contribution >= 4 is 57.1 Å². The molecule has 31 heteroatoms. The number of piperidine rings is 1. The first-order valence-electron chi connectivity index (χ1n) is 43.9. The van der Waals surface area contributed by atoms with Gasteiger partial charge in [-0.15, -0.1) is 5.10 Å². The number of H-pyrrole nitrogens is 1. The Morgan fingerprint density at radius 3 is 2.15 bits per heavy atom. The number of Topliss-reactive ketones (excluding diaryl/α,β-unsaturated/α-hetero) is 3. The Labute approximate surface area is 713 Å². The summed E-state index contributed by atoms with van der Waals surface area (Å²) in [6.07, 6.45) is 25.9. The highest BCUT2D eigenvalue weighted by Crippen LogP contribution is 2.40. The summed E-state index contributed by atoms with van der Waals surface area (Å²) in [4.78, 5) is 88.3. The second-order valence-corrected chi connectivity index (χ2v) is 33.2. The summed E-state index contributed by atoms with van der Waals surface area (Å²) in [6.45, 7) is 20.3. The molecule has 672 valence electrons. The van der Waals surface area contributed by atoms with Crippen LogP contribution in [0.2, 0.25) is 0 Å². The molecule has 0 aromatic carbocycles. The normalized spacial score (nSPS) is 27.9. The number of rotatable bonds is 41. The molecule has 4 aliphatic rings. The summed E-state index contributed by atoms with van der Waals surface area (Å²) in [6, 6.07) is 2.88. The van der Waals surface area contributed by atoms with Crippen molar-refractivity contribution in [3.8, 4) is 11.3 Å². The quantitative estimate of drug-likeness (QED) is 0.0122. The van der Waals surface area contributed by atoms with Gasteiger partial charge in [0.15, 0.2) is 11.4 Å². The molecular weight excluding hydrogens is 1560 g/mol. The van der Waals surface area contributed by atoms with Crippen LogP contribution in [0.5, 0.6) is 0 Å². The highest BCUT2D eigenvalue weighted by molar-refractivity contribution is 6.39. The molecule has 1 aliphatic carbocycles. The van der Waals surface area contributed by atoms with Crippen LogP contribution in [0.25, 0.3) is 33.3 Å². The van der Waals surface area contributed by atoms with Crippen LogP contribution in [0.4, 0.5) is 5.82 Å². The Morgan fingerprint density at radius 1 is 0.719 bits per heavy atom. The molecule has 121 heavy (non-hydrogen) atoms. The molecule has 8 heterocycles. The van der Waals surface area contributed by atoms with Crippen molar-refractivity contribution in [3.63, 3.8) is 0 Å². The number of aliphatic hydroxyl groups excluding tert-OH is 1. The van der Waals surface area contributed by atoms with E-state index in [-0.39, 0.29) is 66.8 Å². The first-order chi connectivity index (χ1) is 58.5. The van der Waals surface area contributed by atoms with Gasteiger partial charge in [-0.25, -0.2) is 29.1 Å². The van der Waals surface area contributed by atoms with E-state index in [1.165, 1.54) is 18.3 Å². The maximum absolute atomic E-state index is 14.9. The Morgan fingerprint density at radius 2 is 1.44 bits per heavy atom. The molecule has 0 radical (unpaired) electrons. The number of amides is 1. The van der Waals surface area contributed by atoms with E-state index in [1.54, 1.807) is 46.1 Å². The van der Waals surface area contributed by atoms with Gasteiger partial charge in [-0.1, -0.05) is 82.7 Å². The number of carbonyl (C=O) groups is 5. The molecule has 3 aliphatic heterocycles. The molecule has 1 saturated carbocycles. The summed E-state index contributed by atoms with van der Waals surface area (Å²) in [5.74, 6) is -6.34. The lowest BCUT2D eigenvalue weighted by Crippen LogP contribution is -2.61. The van der Waals surface area contributed by atoms with Gasteiger partial charge in [-0.2, -0.15) is 5.10 Å². The predicted molar refractivity (Wildman–Crippen MR) is 455 cm³/mol. The molecule has 5 N–H and O–H groups in total. The van der Waals surface area contributed by atoms with Gasteiger partial charge in [0.2, 0.25) is 5.79 Å². The molecule has 0 unspecified atom stereocenters.